The Morgan fingerprint density at radius 1 is 1.22 bits per heavy atom. The van der Waals surface area contributed by atoms with E-state index in [0.717, 1.165) is 10.4 Å². The maximum absolute atomic E-state index is 12.0. The Labute approximate surface area is 137 Å². The van der Waals surface area contributed by atoms with Gasteiger partial charge in [-0.1, -0.05) is 6.07 Å². The molecule has 118 valence electrons. The fourth-order valence-electron chi connectivity index (χ4n) is 2.45. The van der Waals surface area contributed by atoms with Gasteiger partial charge < -0.3 is 10.6 Å². The van der Waals surface area contributed by atoms with E-state index in [0.29, 0.717) is 22.7 Å². The number of ketones is 1. The largest absolute Gasteiger partial charge is 0.348 e. The first-order valence-electron chi connectivity index (χ1n) is 7.33. The lowest BCUT2D eigenvalue weighted by atomic mass is 10.1. The van der Waals surface area contributed by atoms with Gasteiger partial charge in [0.05, 0.1) is 4.88 Å². The molecule has 0 atom stereocenters. The summed E-state index contributed by atoms with van der Waals surface area (Å²) in [7, 11) is 0. The first-order chi connectivity index (χ1) is 11.0. The van der Waals surface area contributed by atoms with Gasteiger partial charge in [-0.25, -0.2) is 0 Å². The van der Waals surface area contributed by atoms with Crippen LogP contribution in [-0.4, -0.2) is 17.6 Å². The van der Waals surface area contributed by atoms with Crippen molar-refractivity contribution in [2.75, 3.05) is 5.32 Å². The summed E-state index contributed by atoms with van der Waals surface area (Å²) in [4.78, 5) is 37.3. The fourth-order valence-corrected chi connectivity index (χ4v) is 3.28. The standard InChI is InChI=1S/C17H16N2O3S/c1-10-2-6-15(23-10)14(20)5-7-16(21)19-12-4-3-11-9-18-17(22)13(11)8-12/h2-4,6,8H,5,7,9H2,1H3,(H,18,22)(H,19,21). The number of nitrogens with one attached hydrogen (secondary N) is 2. The molecular formula is C17H16N2O3S. The maximum atomic E-state index is 12.0. The van der Waals surface area contributed by atoms with Crippen molar-refractivity contribution in [2.24, 2.45) is 0 Å². The molecule has 6 heteroatoms. The molecule has 1 aliphatic heterocycles. The van der Waals surface area contributed by atoms with Gasteiger partial charge in [0.25, 0.3) is 5.91 Å². The molecule has 3 rings (SSSR count). The van der Waals surface area contributed by atoms with Crippen LogP contribution in [-0.2, 0) is 11.3 Å². The number of thiophene rings is 1. The third-order valence-corrected chi connectivity index (χ3v) is 4.71. The summed E-state index contributed by atoms with van der Waals surface area (Å²) in [5, 5.41) is 5.47. The van der Waals surface area contributed by atoms with Gasteiger partial charge in [0.2, 0.25) is 5.91 Å². The summed E-state index contributed by atoms with van der Waals surface area (Å²) in [6.07, 6.45) is 0.302. The van der Waals surface area contributed by atoms with E-state index in [1.165, 1.54) is 11.3 Å². The van der Waals surface area contributed by atoms with E-state index in [4.69, 9.17) is 0 Å². The Hall–Kier alpha value is -2.47. The van der Waals surface area contributed by atoms with E-state index < -0.39 is 0 Å². The van der Waals surface area contributed by atoms with Crippen molar-refractivity contribution in [3.8, 4) is 0 Å². The van der Waals surface area contributed by atoms with Gasteiger partial charge in [0.15, 0.2) is 5.78 Å². The molecule has 0 bridgehead atoms. The maximum Gasteiger partial charge on any atom is 0.251 e. The summed E-state index contributed by atoms with van der Waals surface area (Å²) in [5.41, 5.74) is 2.09. The lowest BCUT2D eigenvalue weighted by Crippen LogP contribution is -2.14. The lowest BCUT2D eigenvalue weighted by Gasteiger charge is -2.06. The SMILES string of the molecule is Cc1ccc(C(=O)CCC(=O)Nc2ccc3c(c2)C(=O)NC3)s1. The highest BCUT2D eigenvalue weighted by molar-refractivity contribution is 7.14. The van der Waals surface area contributed by atoms with Gasteiger partial charge in [0.1, 0.15) is 0 Å². The number of hydrogen-bond donors (Lipinski definition) is 2. The van der Waals surface area contributed by atoms with Crippen molar-refractivity contribution < 1.29 is 14.4 Å². The zero-order valence-electron chi connectivity index (χ0n) is 12.6. The van der Waals surface area contributed by atoms with Crippen LogP contribution in [0.15, 0.2) is 30.3 Å². The minimum absolute atomic E-state index is 0.0217. The van der Waals surface area contributed by atoms with Crippen LogP contribution in [0.2, 0.25) is 0 Å². The number of hydrogen-bond acceptors (Lipinski definition) is 4. The van der Waals surface area contributed by atoms with Crippen LogP contribution in [0.4, 0.5) is 5.69 Å². The van der Waals surface area contributed by atoms with E-state index in [1.54, 1.807) is 18.2 Å². The van der Waals surface area contributed by atoms with Gasteiger partial charge in [-0.2, -0.15) is 0 Å². The first kappa shape index (κ1) is 15.4. The van der Waals surface area contributed by atoms with Crippen LogP contribution >= 0.6 is 11.3 Å². The number of amides is 2. The van der Waals surface area contributed by atoms with E-state index in [2.05, 4.69) is 10.6 Å². The molecule has 5 nitrogen and oxygen atoms in total. The second-order valence-corrected chi connectivity index (χ2v) is 6.72. The minimum Gasteiger partial charge on any atom is -0.348 e. The highest BCUT2D eigenvalue weighted by Crippen LogP contribution is 2.21. The van der Waals surface area contributed by atoms with Gasteiger partial charge in [-0.3, -0.25) is 14.4 Å². The van der Waals surface area contributed by atoms with Crippen molar-refractivity contribution in [2.45, 2.75) is 26.3 Å². The molecule has 2 heterocycles. The molecule has 1 aromatic carbocycles. The lowest BCUT2D eigenvalue weighted by molar-refractivity contribution is -0.116. The van der Waals surface area contributed by atoms with Crippen LogP contribution in [0.1, 0.15) is 43.3 Å². The molecule has 1 aliphatic rings. The predicted molar refractivity (Wildman–Crippen MR) is 88.9 cm³/mol. The van der Waals surface area contributed by atoms with Crippen molar-refractivity contribution in [3.63, 3.8) is 0 Å². The summed E-state index contributed by atoms with van der Waals surface area (Å²) in [6.45, 7) is 2.47. The van der Waals surface area contributed by atoms with E-state index >= 15 is 0 Å². The zero-order valence-corrected chi connectivity index (χ0v) is 13.5. The summed E-state index contributed by atoms with van der Waals surface area (Å²) >= 11 is 1.44. The Morgan fingerprint density at radius 2 is 2.04 bits per heavy atom. The Bertz CT molecular complexity index is 795. The molecule has 0 spiro atoms. The highest BCUT2D eigenvalue weighted by Gasteiger charge is 2.19. The molecule has 0 saturated heterocycles. The third-order valence-electron chi connectivity index (χ3n) is 3.67. The molecule has 0 aliphatic carbocycles. The third kappa shape index (κ3) is 3.48. The summed E-state index contributed by atoms with van der Waals surface area (Å²) < 4.78 is 0. The molecule has 1 aromatic heterocycles. The molecule has 2 aromatic rings. The van der Waals surface area contributed by atoms with Crippen LogP contribution in [0.3, 0.4) is 0 Å². The van der Waals surface area contributed by atoms with Gasteiger partial charge >= 0.3 is 0 Å². The molecular weight excluding hydrogens is 312 g/mol. The number of carbonyl (C=O) groups is 3. The van der Waals surface area contributed by atoms with Crippen LogP contribution in [0, 0.1) is 6.92 Å². The normalized spacial score (nSPS) is 12.7. The van der Waals surface area contributed by atoms with Crippen LogP contribution in [0.5, 0.6) is 0 Å². The highest BCUT2D eigenvalue weighted by atomic mass is 32.1. The van der Waals surface area contributed by atoms with E-state index in [-0.39, 0.29) is 30.4 Å². The quantitative estimate of drug-likeness (QED) is 0.829. The average Bonchev–Trinajstić information content (AvgIpc) is 3.12. The van der Waals surface area contributed by atoms with Crippen molar-refractivity contribution in [3.05, 3.63) is 51.2 Å². The monoisotopic (exact) mass is 328 g/mol. The summed E-state index contributed by atoms with van der Waals surface area (Å²) in [6, 6.07) is 8.94. The predicted octanol–water partition coefficient (Wildman–Crippen LogP) is 2.90. The number of Topliss-reactive ketones (excluding diaryl/α,β-unsaturated/α-hetero) is 1. The number of rotatable bonds is 5. The average molecular weight is 328 g/mol. The van der Waals surface area contributed by atoms with Gasteiger partial charge in [-0.15, -0.1) is 11.3 Å². The summed E-state index contributed by atoms with van der Waals surface area (Å²) in [5.74, 6) is -0.379. The zero-order chi connectivity index (χ0) is 16.4. The number of fused-ring (bicyclic) bond motifs is 1. The second-order valence-electron chi connectivity index (χ2n) is 5.44. The Balaban J connectivity index is 1.56. The van der Waals surface area contributed by atoms with Crippen LogP contribution in [0.25, 0.3) is 0 Å². The van der Waals surface area contributed by atoms with E-state index in [9.17, 15) is 14.4 Å². The second kappa shape index (κ2) is 6.34. The molecule has 2 N–H and O–H groups in total. The van der Waals surface area contributed by atoms with Crippen LogP contribution < -0.4 is 10.6 Å². The number of carbonyl (C=O) groups excluding carboxylic acids is 3. The fraction of sp³-hybridized carbons (Fsp3) is 0.235. The topological polar surface area (TPSA) is 75.3 Å². The van der Waals surface area contributed by atoms with Gasteiger partial charge in [-0.05, 0) is 36.8 Å². The van der Waals surface area contributed by atoms with Crippen molar-refractivity contribution in [1.82, 2.24) is 5.32 Å². The number of benzene rings is 1. The van der Waals surface area contributed by atoms with Crippen molar-refractivity contribution in [1.29, 1.82) is 0 Å². The first-order valence-corrected chi connectivity index (χ1v) is 8.15. The Morgan fingerprint density at radius 3 is 2.78 bits per heavy atom. The minimum atomic E-state index is -0.231. The van der Waals surface area contributed by atoms with E-state index in [1.807, 2.05) is 19.1 Å². The smallest absolute Gasteiger partial charge is 0.251 e. The number of anilines is 1. The molecule has 0 fully saturated rings. The van der Waals surface area contributed by atoms with Gasteiger partial charge in [0, 0.05) is 35.5 Å². The molecule has 0 saturated carbocycles. The molecule has 0 unspecified atom stereocenters. The molecule has 0 radical (unpaired) electrons. The molecule has 2 amide bonds. The van der Waals surface area contributed by atoms with Crippen molar-refractivity contribution >= 4 is 34.6 Å². The molecule has 23 heavy (non-hydrogen) atoms. The Kier molecular flexibility index (Phi) is 4.25. The number of aryl methyl sites for hydroxylation is 1.